The van der Waals surface area contributed by atoms with Crippen molar-refractivity contribution in [1.82, 2.24) is 0 Å². The highest BCUT2D eigenvalue weighted by atomic mass is 127. The van der Waals surface area contributed by atoms with E-state index in [0.29, 0.717) is 11.3 Å². The molecule has 0 radical (unpaired) electrons. The molecular formula is C15H12FIO2. The van der Waals surface area contributed by atoms with Gasteiger partial charge in [-0.15, -0.1) is 0 Å². The maximum absolute atomic E-state index is 12.8. The Labute approximate surface area is 124 Å². The van der Waals surface area contributed by atoms with Crippen LogP contribution in [0.3, 0.4) is 0 Å². The van der Waals surface area contributed by atoms with Crippen LogP contribution in [0.5, 0.6) is 5.75 Å². The molecule has 0 saturated heterocycles. The largest absolute Gasteiger partial charge is 0.483 e. The molecule has 0 aromatic heterocycles. The molecule has 0 spiro atoms. The van der Waals surface area contributed by atoms with Crippen LogP contribution in [0.4, 0.5) is 4.39 Å². The zero-order valence-corrected chi connectivity index (χ0v) is 12.4. The molecule has 0 bridgehead atoms. The van der Waals surface area contributed by atoms with E-state index in [-0.39, 0.29) is 11.6 Å². The number of Topliss-reactive ketones (excluding diaryl/α,β-unsaturated/α-hetero) is 1. The lowest BCUT2D eigenvalue weighted by Crippen LogP contribution is -2.23. The summed E-state index contributed by atoms with van der Waals surface area (Å²) in [6, 6.07) is 12.9. The van der Waals surface area contributed by atoms with Crippen molar-refractivity contribution in [2.75, 3.05) is 0 Å². The predicted molar refractivity (Wildman–Crippen MR) is 80.0 cm³/mol. The van der Waals surface area contributed by atoms with E-state index in [1.165, 1.54) is 24.3 Å². The van der Waals surface area contributed by atoms with Crippen LogP contribution in [0.2, 0.25) is 0 Å². The Bertz CT molecular complexity index is 581. The summed E-state index contributed by atoms with van der Waals surface area (Å²) < 4.78 is 19.4. The highest BCUT2D eigenvalue weighted by Gasteiger charge is 2.16. The first kappa shape index (κ1) is 14.0. The van der Waals surface area contributed by atoms with E-state index in [9.17, 15) is 9.18 Å². The van der Waals surface area contributed by atoms with Crippen molar-refractivity contribution >= 4 is 28.4 Å². The molecule has 2 aromatic carbocycles. The van der Waals surface area contributed by atoms with Gasteiger partial charge < -0.3 is 4.74 Å². The average Bonchev–Trinajstić information content (AvgIpc) is 2.39. The Morgan fingerprint density at radius 2 is 1.89 bits per heavy atom. The molecule has 19 heavy (non-hydrogen) atoms. The van der Waals surface area contributed by atoms with Gasteiger partial charge in [0.1, 0.15) is 11.6 Å². The zero-order valence-electron chi connectivity index (χ0n) is 10.3. The molecule has 0 aliphatic carbocycles. The molecule has 0 unspecified atom stereocenters. The summed E-state index contributed by atoms with van der Waals surface area (Å²) in [4.78, 5) is 12.1. The van der Waals surface area contributed by atoms with E-state index in [4.69, 9.17) is 4.74 Å². The highest BCUT2D eigenvalue weighted by Crippen LogP contribution is 2.17. The van der Waals surface area contributed by atoms with Gasteiger partial charge in [-0.25, -0.2) is 4.39 Å². The van der Waals surface area contributed by atoms with Crippen LogP contribution in [0, 0.1) is 9.39 Å². The van der Waals surface area contributed by atoms with E-state index < -0.39 is 6.10 Å². The van der Waals surface area contributed by atoms with E-state index >= 15 is 0 Å². The number of ketones is 1. The van der Waals surface area contributed by atoms with Gasteiger partial charge in [-0.1, -0.05) is 6.07 Å². The predicted octanol–water partition coefficient (Wildman–Crippen LogP) is 4.08. The van der Waals surface area contributed by atoms with Crippen LogP contribution in [-0.2, 0) is 0 Å². The molecule has 0 aliphatic heterocycles. The van der Waals surface area contributed by atoms with Gasteiger partial charge in [0.15, 0.2) is 6.10 Å². The van der Waals surface area contributed by atoms with E-state index in [0.717, 1.165) is 3.57 Å². The smallest absolute Gasteiger partial charge is 0.202 e. The van der Waals surface area contributed by atoms with Crippen molar-refractivity contribution in [3.05, 3.63) is 63.5 Å². The number of rotatable bonds is 4. The number of hydrogen-bond donors (Lipinski definition) is 0. The minimum Gasteiger partial charge on any atom is -0.483 e. The Morgan fingerprint density at radius 3 is 2.53 bits per heavy atom. The molecular weight excluding hydrogens is 358 g/mol. The number of carbonyl (C=O) groups excluding carboxylic acids is 1. The summed E-state index contributed by atoms with van der Waals surface area (Å²) in [6.45, 7) is 1.69. The molecule has 0 saturated carbocycles. The third kappa shape index (κ3) is 3.76. The molecule has 2 nitrogen and oxygen atoms in total. The number of benzene rings is 2. The lowest BCUT2D eigenvalue weighted by molar-refractivity contribution is 0.0818. The molecule has 0 amide bonds. The first-order valence-corrected chi connectivity index (χ1v) is 6.86. The summed E-state index contributed by atoms with van der Waals surface area (Å²) >= 11 is 2.18. The average molecular weight is 370 g/mol. The van der Waals surface area contributed by atoms with Gasteiger partial charge in [0.2, 0.25) is 5.78 Å². The maximum atomic E-state index is 12.8. The van der Waals surface area contributed by atoms with Gasteiger partial charge in [-0.05, 0) is 72.0 Å². The second kappa shape index (κ2) is 6.14. The van der Waals surface area contributed by atoms with Crippen molar-refractivity contribution < 1.29 is 13.9 Å². The molecule has 1 atom stereocenters. The SMILES string of the molecule is C[C@@H](Oc1cccc(I)c1)C(=O)c1ccc(F)cc1. The maximum Gasteiger partial charge on any atom is 0.202 e. The van der Waals surface area contributed by atoms with Crippen molar-refractivity contribution in [2.45, 2.75) is 13.0 Å². The van der Waals surface area contributed by atoms with Gasteiger partial charge >= 0.3 is 0 Å². The first-order valence-electron chi connectivity index (χ1n) is 5.78. The summed E-state index contributed by atoms with van der Waals surface area (Å²) in [5, 5.41) is 0. The number of ether oxygens (including phenoxy) is 1. The van der Waals surface area contributed by atoms with E-state index in [1.54, 1.807) is 13.0 Å². The zero-order chi connectivity index (χ0) is 13.8. The Balaban J connectivity index is 2.09. The molecule has 0 heterocycles. The van der Waals surface area contributed by atoms with Crippen molar-refractivity contribution in [2.24, 2.45) is 0 Å². The van der Waals surface area contributed by atoms with Crippen LogP contribution in [-0.4, -0.2) is 11.9 Å². The molecule has 98 valence electrons. The summed E-state index contributed by atoms with van der Waals surface area (Å²) in [7, 11) is 0. The van der Waals surface area contributed by atoms with Gasteiger partial charge in [-0.3, -0.25) is 4.79 Å². The topological polar surface area (TPSA) is 26.3 Å². The first-order chi connectivity index (χ1) is 9.06. The van der Waals surface area contributed by atoms with Crippen LogP contribution in [0.1, 0.15) is 17.3 Å². The minimum absolute atomic E-state index is 0.168. The van der Waals surface area contributed by atoms with Crippen LogP contribution in [0.25, 0.3) is 0 Å². The lowest BCUT2D eigenvalue weighted by atomic mass is 10.1. The van der Waals surface area contributed by atoms with E-state index in [2.05, 4.69) is 22.6 Å². The van der Waals surface area contributed by atoms with Crippen LogP contribution < -0.4 is 4.74 Å². The molecule has 4 heteroatoms. The van der Waals surface area contributed by atoms with Crippen molar-refractivity contribution in [1.29, 1.82) is 0 Å². The lowest BCUT2D eigenvalue weighted by Gasteiger charge is -2.13. The van der Waals surface area contributed by atoms with Gasteiger partial charge in [-0.2, -0.15) is 0 Å². The summed E-state index contributed by atoms with van der Waals surface area (Å²) in [5.41, 5.74) is 0.444. The normalized spacial score (nSPS) is 11.9. The standard InChI is InChI=1S/C15H12FIO2/c1-10(19-14-4-2-3-13(17)9-14)15(18)11-5-7-12(16)8-6-11/h2-10H,1H3/t10-/m1/s1. The van der Waals surface area contributed by atoms with Gasteiger partial charge in [0.05, 0.1) is 0 Å². The fourth-order valence-corrected chi connectivity index (χ4v) is 2.16. The molecule has 0 N–H and O–H groups in total. The van der Waals surface area contributed by atoms with Gasteiger partial charge in [0.25, 0.3) is 0 Å². The summed E-state index contributed by atoms with van der Waals surface area (Å²) in [5.74, 6) is 0.122. The van der Waals surface area contributed by atoms with Gasteiger partial charge in [0, 0.05) is 9.13 Å². The Kier molecular flexibility index (Phi) is 4.52. The van der Waals surface area contributed by atoms with E-state index in [1.807, 2.05) is 18.2 Å². The number of hydrogen-bond acceptors (Lipinski definition) is 2. The third-order valence-electron chi connectivity index (χ3n) is 2.61. The molecule has 0 fully saturated rings. The Hall–Kier alpha value is -1.43. The second-order valence-electron chi connectivity index (χ2n) is 4.09. The van der Waals surface area contributed by atoms with Crippen LogP contribution >= 0.6 is 22.6 Å². The highest BCUT2D eigenvalue weighted by molar-refractivity contribution is 14.1. The van der Waals surface area contributed by atoms with Crippen molar-refractivity contribution in [3.63, 3.8) is 0 Å². The molecule has 2 rings (SSSR count). The van der Waals surface area contributed by atoms with Crippen molar-refractivity contribution in [3.8, 4) is 5.75 Å². The quantitative estimate of drug-likeness (QED) is 0.599. The second-order valence-corrected chi connectivity index (χ2v) is 5.33. The minimum atomic E-state index is -0.608. The monoisotopic (exact) mass is 370 g/mol. The Morgan fingerprint density at radius 1 is 1.21 bits per heavy atom. The summed E-state index contributed by atoms with van der Waals surface area (Å²) in [6.07, 6.45) is -0.608. The number of carbonyl (C=O) groups is 1. The number of halogens is 2. The molecule has 0 aliphatic rings. The fourth-order valence-electron chi connectivity index (χ4n) is 1.65. The van der Waals surface area contributed by atoms with Crippen LogP contribution in [0.15, 0.2) is 48.5 Å². The molecule has 2 aromatic rings. The fraction of sp³-hybridized carbons (Fsp3) is 0.133. The third-order valence-corrected chi connectivity index (χ3v) is 3.28.